The topological polar surface area (TPSA) is 49.8 Å². The molecule has 2 nitrogen and oxygen atoms in total. The maximum absolute atomic E-state index is 8.83. The Morgan fingerprint density at radius 3 is 1.80 bits per heavy atom. The van der Waals surface area contributed by atoms with Gasteiger partial charge in [0.15, 0.2) is 0 Å². The number of nitrogens with zero attached hydrogens (tertiary/aromatic N) is 1. The van der Waals surface area contributed by atoms with E-state index in [9.17, 15) is 0 Å². The van der Waals surface area contributed by atoms with Crippen LogP contribution < -0.4 is 5.73 Å². The third-order valence-corrected chi connectivity index (χ3v) is 2.70. The fourth-order valence-electron chi connectivity index (χ4n) is 1.64. The predicted octanol–water partition coefficient (Wildman–Crippen LogP) is 1.03. The van der Waals surface area contributed by atoms with Crippen molar-refractivity contribution in [3.05, 3.63) is 0 Å². The molecule has 0 aliphatic heterocycles. The summed E-state index contributed by atoms with van der Waals surface area (Å²) in [6.45, 7) is 0. The molecule has 0 unspecified atom stereocenters. The second-order valence-corrected chi connectivity index (χ2v) is 3.59. The van der Waals surface area contributed by atoms with Gasteiger partial charge in [0.1, 0.15) is 5.54 Å². The van der Waals surface area contributed by atoms with E-state index in [4.69, 9.17) is 11.0 Å². The SMILES string of the molecule is N#CC(N)(C1CC1)C1CC1. The lowest BCUT2D eigenvalue weighted by molar-refractivity contribution is 0.418. The number of rotatable bonds is 2. The summed E-state index contributed by atoms with van der Waals surface area (Å²) in [5.74, 6) is 1.06. The van der Waals surface area contributed by atoms with E-state index < -0.39 is 5.54 Å². The zero-order valence-electron chi connectivity index (χ0n) is 6.01. The lowest BCUT2D eigenvalue weighted by Gasteiger charge is -2.19. The molecule has 0 atom stereocenters. The summed E-state index contributed by atoms with van der Waals surface area (Å²) in [5.41, 5.74) is 5.52. The van der Waals surface area contributed by atoms with Gasteiger partial charge in [-0.25, -0.2) is 0 Å². The zero-order chi connectivity index (χ0) is 7.19. The summed E-state index contributed by atoms with van der Waals surface area (Å²) in [6.07, 6.45) is 4.72. The molecule has 0 spiro atoms. The van der Waals surface area contributed by atoms with Crippen LogP contribution in [0.25, 0.3) is 0 Å². The standard InChI is InChI=1S/C8H12N2/c9-5-8(10,6-1-2-6)7-3-4-7/h6-7H,1-4,10H2. The monoisotopic (exact) mass is 136 g/mol. The smallest absolute Gasteiger partial charge is 0.109 e. The maximum Gasteiger partial charge on any atom is 0.109 e. The van der Waals surface area contributed by atoms with Crippen molar-refractivity contribution in [1.29, 1.82) is 5.26 Å². The molecule has 0 aromatic rings. The quantitative estimate of drug-likeness (QED) is 0.616. The van der Waals surface area contributed by atoms with Gasteiger partial charge < -0.3 is 5.73 Å². The van der Waals surface area contributed by atoms with E-state index in [-0.39, 0.29) is 0 Å². The van der Waals surface area contributed by atoms with Crippen molar-refractivity contribution in [2.75, 3.05) is 0 Å². The normalized spacial score (nSPS) is 26.0. The van der Waals surface area contributed by atoms with E-state index in [1.165, 1.54) is 25.7 Å². The van der Waals surface area contributed by atoms with Crippen molar-refractivity contribution in [2.45, 2.75) is 31.2 Å². The number of nitriles is 1. The summed E-state index contributed by atoms with van der Waals surface area (Å²) < 4.78 is 0. The highest BCUT2D eigenvalue weighted by molar-refractivity contribution is 5.19. The molecule has 10 heavy (non-hydrogen) atoms. The fourth-order valence-corrected chi connectivity index (χ4v) is 1.64. The average Bonchev–Trinajstić information content (AvgIpc) is 2.73. The van der Waals surface area contributed by atoms with Crippen LogP contribution in [0.15, 0.2) is 0 Å². The Hall–Kier alpha value is -0.550. The molecular weight excluding hydrogens is 124 g/mol. The van der Waals surface area contributed by atoms with Gasteiger partial charge in [-0.3, -0.25) is 0 Å². The number of nitrogens with two attached hydrogens (primary N) is 1. The molecule has 54 valence electrons. The molecule has 0 radical (unpaired) electrons. The summed E-state index contributed by atoms with van der Waals surface area (Å²) in [5, 5.41) is 8.83. The molecule has 2 rings (SSSR count). The molecule has 2 aliphatic rings. The van der Waals surface area contributed by atoms with Gasteiger partial charge in [-0.1, -0.05) is 0 Å². The van der Waals surface area contributed by atoms with Crippen molar-refractivity contribution in [2.24, 2.45) is 17.6 Å². The van der Waals surface area contributed by atoms with Crippen LogP contribution >= 0.6 is 0 Å². The van der Waals surface area contributed by atoms with Crippen molar-refractivity contribution >= 4 is 0 Å². The van der Waals surface area contributed by atoms with Crippen molar-refractivity contribution in [3.63, 3.8) is 0 Å². The minimum Gasteiger partial charge on any atom is -0.313 e. The average molecular weight is 136 g/mol. The molecule has 0 aromatic carbocycles. The minimum absolute atomic E-state index is 0.431. The highest BCUT2D eigenvalue weighted by Crippen LogP contribution is 2.50. The Morgan fingerprint density at radius 1 is 1.20 bits per heavy atom. The Bertz CT molecular complexity index is 172. The van der Waals surface area contributed by atoms with E-state index in [1.807, 2.05) is 0 Å². The zero-order valence-corrected chi connectivity index (χ0v) is 6.01. The first-order valence-electron chi connectivity index (χ1n) is 3.97. The van der Waals surface area contributed by atoms with Crippen molar-refractivity contribution in [3.8, 4) is 6.07 Å². The third-order valence-electron chi connectivity index (χ3n) is 2.70. The molecule has 0 bridgehead atoms. The number of hydrogen-bond donors (Lipinski definition) is 1. The van der Waals surface area contributed by atoms with Crippen LogP contribution in [0.2, 0.25) is 0 Å². The molecule has 0 saturated heterocycles. The van der Waals surface area contributed by atoms with Crippen LogP contribution in [0.5, 0.6) is 0 Å². The maximum atomic E-state index is 8.83. The third kappa shape index (κ3) is 0.741. The Labute approximate surface area is 61.0 Å². The first kappa shape index (κ1) is 6.18. The molecule has 0 aromatic heterocycles. The molecule has 2 heteroatoms. The minimum atomic E-state index is -0.431. The Balaban J connectivity index is 2.12. The van der Waals surface area contributed by atoms with Gasteiger partial charge >= 0.3 is 0 Å². The van der Waals surface area contributed by atoms with E-state index in [0.717, 1.165) is 0 Å². The lowest BCUT2D eigenvalue weighted by Crippen LogP contribution is -2.42. The van der Waals surface area contributed by atoms with Crippen LogP contribution in [0.1, 0.15) is 25.7 Å². The number of hydrogen-bond acceptors (Lipinski definition) is 2. The van der Waals surface area contributed by atoms with Crippen LogP contribution in [-0.4, -0.2) is 5.54 Å². The summed E-state index contributed by atoms with van der Waals surface area (Å²) >= 11 is 0. The summed E-state index contributed by atoms with van der Waals surface area (Å²) in [6, 6.07) is 2.28. The first-order valence-corrected chi connectivity index (χ1v) is 3.97. The van der Waals surface area contributed by atoms with Crippen LogP contribution in [-0.2, 0) is 0 Å². The van der Waals surface area contributed by atoms with Gasteiger partial charge in [-0.15, -0.1) is 0 Å². The molecular formula is C8H12N2. The van der Waals surface area contributed by atoms with E-state index in [1.54, 1.807) is 0 Å². The van der Waals surface area contributed by atoms with Crippen LogP contribution in [0.3, 0.4) is 0 Å². The van der Waals surface area contributed by atoms with Crippen molar-refractivity contribution < 1.29 is 0 Å². The fraction of sp³-hybridized carbons (Fsp3) is 0.875. The van der Waals surface area contributed by atoms with Gasteiger partial charge in [0.2, 0.25) is 0 Å². The van der Waals surface area contributed by atoms with E-state index >= 15 is 0 Å². The van der Waals surface area contributed by atoms with Gasteiger partial charge in [-0.2, -0.15) is 5.26 Å². The lowest BCUT2D eigenvalue weighted by atomic mass is 9.91. The Kier molecular flexibility index (Phi) is 1.07. The second kappa shape index (κ2) is 1.73. The van der Waals surface area contributed by atoms with E-state index in [2.05, 4.69) is 6.07 Å². The van der Waals surface area contributed by atoms with Crippen molar-refractivity contribution in [1.82, 2.24) is 0 Å². The highest BCUT2D eigenvalue weighted by Gasteiger charge is 2.52. The van der Waals surface area contributed by atoms with Gasteiger partial charge in [0, 0.05) is 0 Å². The highest BCUT2D eigenvalue weighted by atomic mass is 14.8. The molecule has 2 saturated carbocycles. The van der Waals surface area contributed by atoms with E-state index in [0.29, 0.717) is 11.8 Å². The molecule has 2 N–H and O–H groups in total. The molecule has 2 aliphatic carbocycles. The molecule has 2 fully saturated rings. The molecule has 0 amide bonds. The van der Waals surface area contributed by atoms with Gasteiger partial charge in [0.25, 0.3) is 0 Å². The largest absolute Gasteiger partial charge is 0.313 e. The first-order chi connectivity index (χ1) is 4.77. The molecule has 0 heterocycles. The van der Waals surface area contributed by atoms with Gasteiger partial charge in [0.05, 0.1) is 6.07 Å². The predicted molar refractivity (Wildman–Crippen MR) is 38.0 cm³/mol. The van der Waals surface area contributed by atoms with Crippen LogP contribution in [0.4, 0.5) is 0 Å². The Morgan fingerprint density at radius 2 is 1.60 bits per heavy atom. The summed E-state index contributed by atoms with van der Waals surface area (Å²) in [4.78, 5) is 0. The van der Waals surface area contributed by atoms with Crippen LogP contribution in [0, 0.1) is 23.2 Å². The van der Waals surface area contributed by atoms with Gasteiger partial charge in [-0.05, 0) is 37.5 Å². The summed E-state index contributed by atoms with van der Waals surface area (Å²) in [7, 11) is 0. The second-order valence-electron chi connectivity index (χ2n) is 3.59.